The van der Waals surface area contributed by atoms with Gasteiger partial charge in [0.1, 0.15) is 6.04 Å². The van der Waals surface area contributed by atoms with E-state index in [4.69, 9.17) is 16.3 Å². The second kappa shape index (κ2) is 11.0. The van der Waals surface area contributed by atoms with Crippen LogP contribution in [0.25, 0.3) is 21.8 Å². The monoisotopic (exact) mass is 602 g/mol. The third-order valence-corrected chi connectivity index (χ3v) is 8.29. The van der Waals surface area contributed by atoms with Gasteiger partial charge in [-0.1, -0.05) is 57.9 Å². The van der Waals surface area contributed by atoms with Crippen molar-refractivity contribution in [1.82, 2.24) is 14.9 Å². The van der Waals surface area contributed by atoms with Crippen molar-refractivity contribution in [3.63, 3.8) is 0 Å². The Labute approximate surface area is 240 Å². The van der Waals surface area contributed by atoms with Crippen LogP contribution in [0.4, 0.5) is 5.69 Å². The maximum absolute atomic E-state index is 13.2. The number of hydrogen-bond acceptors (Lipinski definition) is 5. The zero-order chi connectivity index (χ0) is 26.9. The molecule has 0 fully saturated rings. The standard InChI is InChI=1S/C31H28BrClN4O2/c1-39-31(38)28-18-24-22-5-2-3-6-26(22)36-29(24)30(19-7-9-20(32)10-8-19)37(28)16-4-14-34-25-13-15-35-27-17-21(33)11-12-23(25)27/h2-3,5-13,15,17,28,30,36H,4,14,16,18H2,1H3,(H,34,35)/t28-,30+/m1/s1. The Kier molecular flexibility index (Phi) is 7.30. The normalized spacial score (nSPS) is 17.3. The molecule has 2 atom stereocenters. The van der Waals surface area contributed by atoms with Crippen LogP contribution in [0.1, 0.15) is 29.3 Å². The molecule has 2 aromatic heterocycles. The van der Waals surface area contributed by atoms with Crippen molar-refractivity contribution in [3.05, 3.63) is 105 Å². The lowest BCUT2D eigenvalue weighted by molar-refractivity contribution is -0.148. The second-order valence-electron chi connectivity index (χ2n) is 9.80. The van der Waals surface area contributed by atoms with Gasteiger partial charge in [-0.05, 0) is 60.0 Å². The van der Waals surface area contributed by atoms with Crippen LogP contribution in [0.2, 0.25) is 5.02 Å². The molecule has 2 N–H and O–H groups in total. The molecule has 0 unspecified atom stereocenters. The first kappa shape index (κ1) is 25.9. The highest BCUT2D eigenvalue weighted by Gasteiger charge is 2.41. The van der Waals surface area contributed by atoms with Crippen molar-refractivity contribution < 1.29 is 9.53 Å². The SMILES string of the molecule is COC(=O)[C@H]1Cc2c([nH]c3ccccc23)[C@H](c2ccc(Br)cc2)N1CCCNc1ccnc2cc(Cl)ccc12. The molecule has 3 heterocycles. The summed E-state index contributed by atoms with van der Waals surface area (Å²) in [7, 11) is 1.47. The number of hydrogen-bond donors (Lipinski definition) is 2. The molecule has 0 amide bonds. The Hall–Kier alpha value is -3.39. The van der Waals surface area contributed by atoms with Gasteiger partial charge in [0.25, 0.3) is 0 Å². The molecule has 0 saturated heterocycles. The van der Waals surface area contributed by atoms with E-state index in [9.17, 15) is 4.79 Å². The van der Waals surface area contributed by atoms with Crippen molar-refractivity contribution in [3.8, 4) is 0 Å². The summed E-state index contributed by atoms with van der Waals surface area (Å²) in [4.78, 5) is 23.6. The number of benzene rings is 3. The van der Waals surface area contributed by atoms with Gasteiger partial charge in [-0.2, -0.15) is 0 Å². The first-order chi connectivity index (χ1) is 19.0. The van der Waals surface area contributed by atoms with Gasteiger partial charge in [0, 0.05) is 62.9 Å². The zero-order valence-electron chi connectivity index (χ0n) is 21.5. The highest BCUT2D eigenvalue weighted by molar-refractivity contribution is 9.10. The number of aromatic amines is 1. The molecular formula is C31H28BrClN4O2. The van der Waals surface area contributed by atoms with Gasteiger partial charge < -0.3 is 15.0 Å². The number of carbonyl (C=O) groups excluding carboxylic acids is 1. The van der Waals surface area contributed by atoms with Crippen LogP contribution in [0, 0.1) is 0 Å². The number of nitrogens with one attached hydrogen (secondary N) is 2. The molecule has 8 heteroatoms. The number of fused-ring (bicyclic) bond motifs is 4. The number of pyridine rings is 1. The Balaban J connectivity index is 1.31. The largest absolute Gasteiger partial charge is 0.468 e. The average Bonchev–Trinajstić information content (AvgIpc) is 3.33. The smallest absolute Gasteiger partial charge is 0.323 e. The van der Waals surface area contributed by atoms with E-state index in [-0.39, 0.29) is 18.1 Å². The number of nitrogens with zero attached hydrogens (tertiary/aromatic N) is 2. The fourth-order valence-electron chi connectivity index (χ4n) is 5.73. The van der Waals surface area contributed by atoms with E-state index in [0.29, 0.717) is 18.0 Å². The molecule has 1 aliphatic heterocycles. The van der Waals surface area contributed by atoms with Crippen LogP contribution in [-0.2, 0) is 16.0 Å². The maximum Gasteiger partial charge on any atom is 0.323 e. The third kappa shape index (κ3) is 5.02. The van der Waals surface area contributed by atoms with Gasteiger partial charge in [0.2, 0.25) is 0 Å². The van der Waals surface area contributed by atoms with E-state index in [1.807, 2.05) is 36.4 Å². The predicted octanol–water partition coefficient (Wildman–Crippen LogP) is 7.12. The van der Waals surface area contributed by atoms with Crippen molar-refractivity contribution in [2.24, 2.45) is 0 Å². The lowest BCUT2D eigenvalue weighted by atomic mass is 9.88. The van der Waals surface area contributed by atoms with Gasteiger partial charge >= 0.3 is 5.97 Å². The van der Waals surface area contributed by atoms with Gasteiger partial charge in [-0.3, -0.25) is 14.7 Å². The summed E-state index contributed by atoms with van der Waals surface area (Å²) in [6.07, 6.45) is 3.22. The van der Waals surface area contributed by atoms with Crippen molar-refractivity contribution >= 4 is 61.0 Å². The Morgan fingerprint density at radius 1 is 1.13 bits per heavy atom. The lowest BCUT2D eigenvalue weighted by Crippen LogP contribution is -2.49. The number of aromatic nitrogens is 2. The molecule has 6 rings (SSSR count). The summed E-state index contributed by atoms with van der Waals surface area (Å²) < 4.78 is 6.35. The molecule has 198 valence electrons. The van der Waals surface area contributed by atoms with Gasteiger partial charge in [0.05, 0.1) is 18.7 Å². The first-order valence-corrected chi connectivity index (χ1v) is 14.2. The fourth-order valence-corrected chi connectivity index (χ4v) is 6.16. The molecule has 0 spiro atoms. The Morgan fingerprint density at radius 2 is 1.95 bits per heavy atom. The fraction of sp³-hybridized carbons (Fsp3) is 0.226. The highest BCUT2D eigenvalue weighted by Crippen LogP contribution is 2.41. The van der Waals surface area contributed by atoms with Crippen molar-refractivity contribution in [1.29, 1.82) is 0 Å². The van der Waals surface area contributed by atoms with E-state index in [2.05, 4.69) is 72.5 Å². The van der Waals surface area contributed by atoms with Crippen LogP contribution in [0.15, 0.2) is 83.5 Å². The predicted molar refractivity (Wildman–Crippen MR) is 160 cm³/mol. The molecule has 0 radical (unpaired) electrons. The van der Waals surface area contributed by atoms with Crippen LogP contribution in [0.3, 0.4) is 0 Å². The molecule has 3 aromatic carbocycles. The van der Waals surface area contributed by atoms with E-state index in [0.717, 1.165) is 56.2 Å². The molecule has 39 heavy (non-hydrogen) atoms. The zero-order valence-corrected chi connectivity index (χ0v) is 23.8. The number of H-pyrrole nitrogens is 1. The highest BCUT2D eigenvalue weighted by atomic mass is 79.9. The summed E-state index contributed by atoms with van der Waals surface area (Å²) in [5, 5.41) is 6.43. The maximum atomic E-state index is 13.2. The van der Waals surface area contributed by atoms with E-state index < -0.39 is 0 Å². The number of anilines is 1. The van der Waals surface area contributed by atoms with Crippen molar-refractivity contribution in [2.75, 3.05) is 25.5 Å². The molecule has 0 bridgehead atoms. The summed E-state index contributed by atoms with van der Waals surface area (Å²) in [6, 6.07) is 23.9. The number of carbonyl (C=O) groups is 1. The molecular weight excluding hydrogens is 576 g/mol. The number of esters is 1. The van der Waals surface area contributed by atoms with Crippen LogP contribution in [0.5, 0.6) is 0 Å². The summed E-state index contributed by atoms with van der Waals surface area (Å²) >= 11 is 9.73. The van der Waals surface area contributed by atoms with Crippen LogP contribution < -0.4 is 5.32 Å². The third-order valence-electron chi connectivity index (χ3n) is 7.52. The summed E-state index contributed by atoms with van der Waals surface area (Å²) in [5.41, 5.74) is 6.41. The Morgan fingerprint density at radius 3 is 2.77 bits per heavy atom. The van der Waals surface area contributed by atoms with Gasteiger partial charge in [0.15, 0.2) is 0 Å². The number of methoxy groups -OCH3 is 1. The quantitative estimate of drug-likeness (QED) is 0.153. The first-order valence-electron chi connectivity index (χ1n) is 13.0. The lowest BCUT2D eigenvalue weighted by Gasteiger charge is -2.41. The van der Waals surface area contributed by atoms with E-state index in [1.165, 1.54) is 12.7 Å². The van der Waals surface area contributed by atoms with E-state index >= 15 is 0 Å². The molecule has 6 nitrogen and oxygen atoms in total. The summed E-state index contributed by atoms with van der Waals surface area (Å²) in [5.74, 6) is -0.210. The minimum absolute atomic E-state index is 0.109. The molecule has 0 aliphatic carbocycles. The second-order valence-corrected chi connectivity index (χ2v) is 11.2. The molecule has 0 saturated carbocycles. The number of ether oxygens (including phenoxy) is 1. The number of rotatable bonds is 7. The minimum atomic E-state index is -0.390. The minimum Gasteiger partial charge on any atom is -0.468 e. The van der Waals surface area contributed by atoms with Crippen LogP contribution >= 0.6 is 27.5 Å². The van der Waals surface area contributed by atoms with Crippen LogP contribution in [-0.4, -0.2) is 47.1 Å². The van der Waals surface area contributed by atoms with Crippen molar-refractivity contribution in [2.45, 2.75) is 24.9 Å². The number of para-hydroxylation sites is 1. The van der Waals surface area contributed by atoms with Gasteiger partial charge in [-0.15, -0.1) is 0 Å². The number of halogens is 2. The summed E-state index contributed by atoms with van der Waals surface area (Å²) in [6.45, 7) is 1.44. The van der Waals surface area contributed by atoms with Gasteiger partial charge in [-0.25, -0.2) is 0 Å². The topological polar surface area (TPSA) is 70.2 Å². The van der Waals surface area contributed by atoms with E-state index in [1.54, 1.807) is 6.20 Å². The Bertz CT molecular complexity index is 1650. The molecule has 1 aliphatic rings. The average molecular weight is 604 g/mol. The molecule has 5 aromatic rings.